The van der Waals surface area contributed by atoms with Gasteiger partial charge in [0.15, 0.2) is 0 Å². The zero-order valence-electron chi connectivity index (χ0n) is 9.43. The molecule has 1 aromatic rings. The van der Waals surface area contributed by atoms with E-state index in [-0.39, 0.29) is 30.2 Å². The predicted molar refractivity (Wildman–Crippen MR) is 57.9 cm³/mol. The number of ether oxygens (including phenoxy) is 1. The summed E-state index contributed by atoms with van der Waals surface area (Å²) in [6.07, 6.45) is 0.127. The summed E-state index contributed by atoms with van der Waals surface area (Å²) in [6, 6.07) is 2.31. The van der Waals surface area contributed by atoms with Crippen molar-refractivity contribution in [2.45, 2.75) is 19.3 Å². The highest BCUT2D eigenvalue weighted by atomic mass is 19.1. The van der Waals surface area contributed by atoms with Gasteiger partial charge in [-0.2, -0.15) is 0 Å². The molecule has 0 unspecified atom stereocenters. The Morgan fingerprint density at radius 3 is 2.53 bits per heavy atom. The SMILES string of the molecule is CCOc1cc(F)c([C@@H]2CNC(=O)C2)c(F)c1. The minimum Gasteiger partial charge on any atom is -0.494 e. The molecule has 0 aromatic heterocycles. The van der Waals surface area contributed by atoms with Crippen molar-refractivity contribution in [2.24, 2.45) is 0 Å². The van der Waals surface area contributed by atoms with Crippen molar-refractivity contribution in [1.82, 2.24) is 5.32 Å². The second-order valence-electron chi connectivity index (χ2n) is 3.94. The molecule has 1 heterocycles. The second-order valence-corrected chi connectivity index (χ2v) is 3.94. The van der Waals surface area contributed by atoms with Crippen LogP contribution >= 0.6 is 0 Å². The van der Waals surface area contributed by atoms with Gasteiger partial charge in [0.2, 0.25) is 5.91 Å². The van der Waals surface area contributed by atoms with Crippen LogP contribution in [0.25, 0.3) is 0 Å². The maximum atomic E-state index is 13.8. The lowest BCUT2D eigenvalue weighted by Crippen LogP contribution is -2.14. The van der Waals surface area contributed by atoms with Gasteiger partial charge in [0, 0.05) is 36.6 Å². The fourth-order valence-electron chi connectivity index (χ4n) is 2.01. The van der Waals surface area contributed by atoms with E-state index in [1.165, 1.54) is 0 Å². The number of hydrogen-bond donors (Lipinski definition) is 1. The molecule has 1 atom stereocenters. The van der Waals surface area contributed by atoms with Crippen molar-refractivity contribution in [3.05, 3.63) is 29.3 Å². The molecule has 1 aliphatic heterocycles. The van der Waals surface area contributed by atoms with Gasteiger partial charge < -0.3 is 10.1 Å². The van der Waals surface area contributed by atoms with Crippen LogP contribution in [0.1, 0.15) is 24.8 Å². The molecule has 5 heteroatoms. The van der Waals surface area contributed by atoms with E-state index < -0.39 is 17.6 Å². The molecule has 1 amide bonds. The van der Waals surface area contributed by atoms with Gasteiger partial charge in [-0.15, -0.1) is 0 Å². The third kappa shape index (κ3) is 2.38. The van der Waals surface area contributed by atoms with Crippen LogP contribution in [0.15, 0.2) is 12.1 Å². The van der Waals surface area contributed by atoms with E-state index in [9.17, 15) is 13.6 Å². The molecule has 1 N–H and O–H groups in total. The van der Waals surface area contributed by atoms with E-state index in [1.807, 2.05) is 0 Å². The summed E-state index contributed by atoms with van der Waals surface area (Å²) in [6.45, 7) is 2.37. The van der Waals surface area contributed by atoms with Crippen molar-refractivity contribution >= 4 is 5.91 Å². The Bertz CT molecular complexity index is 425. The quantitative estimate of drug-likeness (QED) is 0.878. The van der Waals surface area contributed by atoms with Gasteiger partial charge in [0.1, 0.15) is 17.4 Å². The number of rotatable bonds is 3. The second kappa shape index (κ2) is 4.69. The summed E-state index contributed by atoms with van der Waals surface area (Å²) < 4.78 is 32.6. The fourth-order valence-corrected chi connectivity index (χ4v) is 2.01. The van der Waals surface area contributed by atoms with E-state index in [0.717, 1.165) is 12.1 Å². The van der Waals surface area contributed by atoms with Crippen LogP contribution in [0.3, 0.4) is 0 Å². The van der Waals surface area contributed by atoms with E-state index in [4.69, 9.17) is 4.74 Å². The number of nitrogens with one attached hydrogen (secondary N) is 1. The molecule has 2 rings (SSSR count). The molecular weight excluding hydrogens is 228 g/mol. The topological polar surface area (TPSA) is 38.3 Å². The first kappa shape index (κ1) is 11.8. The Hall–Kier alpha value is -1.65. The third-order valence-electron chi connectivity index (χ3n) is 2.75. The first-order valence-corrected chi connectivity index (χ1v) is 5.50. The summed E-state index contributed by atoms with van der Waals surface area (Å²) in [5.41, 5.74) is -0.0354. The molecule has 0 bridgehead atoms. The Labute approximate surface area is 97.8 Å². The van der Waals surface area contributed by atoms with E-state index in [0.29, 0.717) is 6.61 Å². The smallest absolute Gasteiger partial charge is 0.220 e. The molecule has 17 heavy (non-hydrogen) atoms. The largest absolute Gasteiger partial charge is 0.494 e. The Kier molecular flexibility index (Phi) is 3.26. The Morgan fingerprint density at radius 1 is 1.41 bits per heavy atom. The predicted octanol–water partition coefficient (Wildman–Crippen LogP) is 1.97. The van der Waals surface area contributed by atoms with Crippen LogP contribution in [0.4, 0.5) is 8.78 Å². The van der Waals surface area contributed by atoms with Crippen molar-refractivity contribution in [3.8, 4) is 5.75 Å². The summed E-state index contributed by atoms with van der Waals surface area (Å²) in [5, 5.41) is 2.56. The van der Waals surface area contributed by atoms with Crippen molar-refractivity contribution < 1.29 is 18.3 Å². The summed E-state index contributed by atoms with van der Waals surface area (Å²) in [7, 11) is 0. The van der Waals surface area contributed by atoms with Gasteiger partial charge in [0.05, 0.1) is 6.61 Å². The van der Waals surface area contributed by atoms with Crippen LogP contribution in [0.5, 0.6) is 5.75 Å². The van der Waals surface area contributed by atoms with Gasteiger partial charge in [-0.05, 0) is 6.92 Å². The fraction of sp³-hybridized carbons (Fsp3) is 0.417. The number of halogens is 2. The highest BCUT2D eigenvalue weighted by Gasteiger charge is 2.28. The standard InChI is InChI=1S/C12H13F2NO2/c1-2-17-8-4-9(13)12(10(14)5-8)7-3-11(16)15-6-7/h4-5,7H,2-3,6H2,1H3,(H,15,16)/t7-/m0/s1. The van der Waals surface area contributed by atoms with Crippen LogP contribution in [-0.4, -0.2) is 19.1 Å². The summed E-state index contributed by atoms with van der Waals surface area (Å²) in [5.74, 6) is -1.76. The summed E-state index contributed by atoms with van der Waals surface area (Å²) in [4.78, 5) is 11.0. The molecule has 0 saturated carbocycles. The number of amides is 1. The Balaban J connectivity index is 2.31. The average Bonchev–Trinajstić information content (AvgIpc) is 2.64. The van der Waals surface area contributed by atoms with Gasteiger partial charge in [0.25, 0.3) is 0 Å². The monoisotopic (exact) mass is 241 g/mol. The zero-order chi connectivity index (χ0) is 12.4. The third-order valence-corrected chi connectivity index (χ3v) is 2.75. The normalized spacial score (nSPS) is 19.2. The lowest BCUT2D eigenvalue weighted by molar-refractivity contribution is -0.119. The molecule has 1 fully saturated rings. The minimum absolute atomic E-state index is 0.0354. The van der Waals surface area contributed by atoms with Gasteiger partial charge >= 0.3 is 0 Å². The van der Waals surface area contributed by atoms with E-state index in [2.05, 4.69) is 5.32 Å². The lowest BCUT2D eigenvalue weighted by Gasteiger charge is -2.12. The molecule has 0 radical (unpaired) electrons. The highest BCUT2D eigenvalue weighted by Crippen LogP contribution is 2.30. The molecule has 1 saturated heterocycles. The average molecular weight is 241 g/mol. The molecule has 1 aromatic carbocycles. The molecule has 3 nitrogen and oxygen atoms in total. The van der Waals surface area contributed by atoms with Gasteiger partial charge in [-0.3, -0.25) is 4.79 Å². The molecule has 0 aliphatic carbocycles. The first-order chi connectivity index (χ1) is 8.11. The van der Waals surface area contributed by atoms with Crippen molar-refractivity contribution in [1.29, 1.82) is 0 Å². The minimum atomic E-state index is -0.657. The van der Waals surface area contributed by atoms with Crippen molar-refractivity contribution in [3.63, 3.8) is 0 Å². The Morgan fingerprint density at radius 2 is 2.06 bits per heavy atom. The number of hydrogen-bond acceptors (Lipinski definition) is 2. The van der Waals surface area contributed by atoms with Gasteiger partial charge in [-0.1, -0.05) is 0 Å². The van der Waals surface area contributed by atoms with E-state index in [1.54, 1.807) is 6.92 Å². The number of carbonyl (C=O) groups is 1. The van der Waals surface area contributed by atoms with E-state index >= 15 is 0 Å². The maximum absolute atomic E-state index is 13.8. The van der Waals surface area contributed by atoms with Crippen LogP contribution in [0.2, 0.25) is 0 Å². The molecule has 92 valence electrons. The van der Waals surface area contributed by atoms with Crippen molar-refractivity contribution in [2.75, 3.05) is 13.2 Å². The molecule has 0 spiro atoms. The van der Waals surface area contributed by atoms with Crippen LogP contribution in [-0.2, 0) is 4.79 Å². The number of benzene rings is 1. The lowest BCUT2D eigenvalue weighted by atomic mass is 9.97. The number of carbonyl (C=O) groups excluding carboxylic acids is 1. The molecule has 1 aliphatic rings. The van der Waals surface area contributed by atoms with Gasteiger partial charge in [-0.25, -0.2) is 8.78 Å². The first-order valence-electron chi connectivity index (χ1n) is 5.50. The highest BCUT2D eigenvalue weighted by molar-refractivity contribution is 5.79. The zero-order valence-corrected chi connectivity index (χ0v) is 9.43. The molecular formula is C12H13F2NO2. The van der Waals surface area contributed by atoms with Crippen LogP contribution in [0, 0.1) is 11.6 Å². The summed E-state index contributed by atoms with van der Waals surface area (Å²) >= 11 is 0. The van der Waals surface area contributed by atoms with Crippen LogP contribution < -0.4 is 10.1 Å². The maximum Gasteiger partial charge on any atom is 0.220 e.